The lowest BCUT2D eigenvalue weighted by molar-refractivity contribution is 0.0996. The molecule has 0 bridgehead atoms. The number of aryl methyl sites for hydroxylation is 1. The van der Waals surface area contributed by atoms with Gasteiger partial charge < -0.3 is 9.73 Å². The molecule has 1 amide bonds. The van der Waals surface area contributed by atoms with Gasteiger partial charge >= 0.3 is 0 Å². The van der Waals surface area contributed by atoms with Crippen LogP contribution in [0, 0.1) is 6.92 Å². The van der Waals surface area contributed by atoms with Gasteiger partial charge in [-0.15, -0.1) is 0 Å². The van der Waals surface area contributed by atoms with Crippen LogP contribution in [0.25, 0.3) is 0 Å². The molecule has 0 aliphatic carbocycles. The van der Waals surface area contributed by atoms with E-state index in [1.54, 1.807) is 37.3 Å². The maximum Gasteiger partial charge on any atom is 0.291 e. The number of furan rings is 1. The predicted molar refractivity (Wildman–Crippen MR) is 114 cm³/mol. The Morgan fingerprint density at radius 2 is 1.70 bits per heavy atom. The van der Waals surface area contributed by atoms with Crippen LogP contribution in [0.1, 0.15) is 21.7 Å². The van der Waals surface area contributed by atoms with Crippen molar-refractivity contribution in [3.05, 3.63) is 77.7 Å². The minimum atomic E-state index is -3.66. The monoisotopic (exact) mass is 448 g/mol. The molecule has 0 radical (unpaired) electrons. The third-order valence-corrected chi connectivity index (χ3v) is 6.46. The smallest absolute Gasteiger partial charge is 0.291 e. The molecule has 2 N–H and O–H groups in total. The van der Waals surface area contributed by atoms with E-state index >= 15 is 0 Å². The summed E-state index contributed by atoms with van der Waals surface area (Å²) in [7, 11) is -7.15. The molecule has 30 heavy (non-hydrogen) atoms. The van der Waals surface area contributed by atoms with Crippen molar-refractivity contribution >= 4 is 37.1 Å². The highest BCUT2D eigenvalue weighted by atomic mass is 32.2. The molecule has 3 aromatic rings. The van der Waals surface area contributed by atoms with Crippen LogP contribution in [0.15, 0.2) is 70.2 Å². The number of hydrogen-bond acceptors (Lipinski definition) is 6. The molecular formula is C20H20N2O6S2. The fourth-order valence-corrected chi connectivity index (χ4v) is 4.76. The van der Waals surface area contributed by atoms with Gasteiger partial charge in [-0.2, -0.15) is 0 Å². The van der Waals surface area contributed by atoms with Crippen LogP contribution in [0.4, 0.5) is 11.4 Å². The first-order valence-electron chi connectivity index (χ1n) is 8.79. The number of carbonyl (C=O) groups excluding carboxylic acids is 1. The topological polar surface area (TPSA) is 123 Å². The van der Waals surface area contributed by atoms with Gasteiger partial charge in [0.15, 0.2) is 15.6 Å². The van der Waals surface area contributed by atoms with Crippen molar-refractivity contribution in [3.63, 3.8) is 0 Å². The van der Waals surface area contributed by atoms with E-state index in [0.717, 1.165) is 6.26 Å². The van der Waals surface area contributed by atoms with Crippen LogP contribution < -0.4 is 10.0 Å². The Morgan fingerprint density at radius 1 is 1.00 bits per heavy atom. The van der Waals surface area contributed by atoms with Crippen LogP contribution in [-0.4, -0.2) is 29.0 Å². The first-order valence-corrected chi connectivity index (χ1v) is 12.3. The van der Waals surface area contributed by atoms with Crippen molar-refractivity contribution in [1.82, 2.24) is 0 Å². The Morgan fingerprint density at radius 3 is 2.37 bits per heavy atom. The Balaban J connectivity index is 1.82. The van der Waals surface area contributed by atoms with E-state index in [1.807, 2.05) is 0 Å². The number of amides is 1. The number of anilines is 2. The van der Waals surface area contributed by atoms with Gasteiger partial charge in [0.2, 0.25) is 10.0 Å². The summed E-state index contributed by atoms with van der Waals surface area (Å²) >= 11 is 0. The van der Waals surface area contributed by atoms with Crippen molar-refractivity contribution < 1.29 is 26.0 Å². The van der Waals surface area contributed by atoms with Gasteiger partial charge in [0.05, 0.1) is 28.9 Å². The highest BCUT2D eigenvalue weighted by Gasteiger charge is 2.22. The summed E-state index contributed by atoms with van der Waals surface area (Å²) in [5, 5.41) is 2.60. The number of sulfone groups is 1. The Bertz CT molecular complexity index is 1280. The van der Waals surface area contributed by atoms with E-state index in [4.69, 9.17) is 4.42 Å². The summed E-state index contributed by atoms with van der Waals surface area (Å²) in [6.07, 6.45) is 2.27. The molecule has 8 nitrogen and oxygen atoms in total. The second-order valence-electron chi connectivity index (χ2n) is 6.71. The first kappa shape index (κ1) is 21.6. The third kappa shape index (κ3) is 5.28. The van der Waals surface area contributed by atoms with E-state index in [0.29, 0.717) is 16.9 Å². The molecule has 3 rings (SSSR count). The molecule has 0 unspecified atom stereocenters. The molecule has 158 valence electrons. The summed E-state index contributed by atoms with van der Waals surface area (Å²) in [5.74, 6) is -1.18. The number of nitrogens with one attached hydrogen (secondary N) is 2. The summed E-state index contributed by atoms with van der Waals surface area (Å²) in [5.41, 5.74) is 1.54. The molecule has 0 aliphatic rings. The number of rotatable bonds is 7. The second-order valence-corrected chi connectivity index (χ2v) is 10.4. The Labute approximate surface area is 174 Å². The fourth-order valence-electron chi connectivity index (χ4n) is 2.76. The first-order chi connectivity index (χ1) is 14.0. The van der Waals surface area contributed by atoms with Gasteiger partial charge in [-0.25, -0.2) is 16.8 Å². The Kier molecular flexibility index (Phi) is 5.99. The largest absolute Gasteiger partial charge is 0.459 e. The molecule has 1 aromatic heterocycles. The van der Waals surface area contributed by atoms with Crippen molar-refractivity contribution in [2.24, 2.45) is 0 Å². The van der Waals surface area contributed by atoms with E-state index < -0.39 is 31.5 Å². The van der Waals surface area contributed by atoms with E-state index in [-0.39, 0.29) is 16.2 Å². The van der Waals surface area contributed by atoms with Crippen LogP contribution >= 0.6 is 0 Å². The van der Waals surface area contributed by atoms with E-state index in [9.17, 15) is 21.6 Å². The van der Waals surface area contributed by atoms with Crippen LogP contribution in [0.2, 0.25) is 0 Å². The maximum atomic E-state index is 12.7. The zero-order valence-electron chi connectivity index (χ0n) is 16.2. The number of hydrogen-bond donors (Lipinski definition) is 2. The quantitative estimate of drug-likeness (QED) is 0.572. The van der Waals surface area contributed by atoms with Gasteiger partial charge in [-0.3, -0.25) is 9.52 Å². The minimum Gasteiger partial charge on any atom is -0.459 e. The SMILES string of the molecule is Cc1ccc(NC(=O)c2occc2CS(=O)(=O)c2ccccc2)cc1NS(C)(=O)=O. The van der Waals surface area contributed by atoms with Crippen molar-refractivity contribution in [1.29, 1.82) is 0 Å². The highest BCUT2D eigenvalue weighted by Crippen LogP contribution is 2.24. The molecule has 0 fully saturated rings. The van der Waals surface area contributed by atoms with Crippen LogP contribution in [0.3, 0.4) is 0 Å². The van der Waals surface area contributed by atoms with Gasteiger partial charge in [0.25, 0.3) is 5.91 Å². The predicted octanol–water partition coefficient (Wildman–Crippen LogP) is 3.19. The fraction of sp³-hybridized carbons (Fsp3) is 0.150. The average molecular weight is 449 g/mol. The summed E-state index contributed by atoms with van der Waals surface area (Å²) in [4.78, 5) is 12.8. The highest BCUT2D eigenvalue weighted by molar-refractivity contribution is 7.92. The molecule has 0 spiro atoms. The maximum absolute atomic E-state index is 12.7. The molecule has 0 aliphatic heterocycles. The van der Waals surface area contributed by atoms with Crippen molar-refractivity contribution in [2.75, 3.05) is 16.3 Å². The number of benzene rings is 2. The molecule has 1 heterocycles. The molecule has 0 atom stereocenters. The summed E-state index contributed by atoms with van der Waals surface area (Å²) < 4.78 is 55.8. The molecule has 0 saturated heterocycles. The van der Waals surface area contributed by atoms with Crippen LogP contribution in [0.5, 0.6) is 0 Å². The van der Waals surface area contributed by atoms with Gasteiger partial charge in [-0.1, -0.05) is 24.3 Å². The number of sulfonamides is 1. The standard InChI is InChI=1S/C20H20N2O6S2/c1-14-8-9-16(12-18(14)22-29(2,24)25)21-20(23)19-15(10-11-28-19)13-30(26,27)17-6-4-3-5-7-17/h3-12,22H,13H2,1-2H3,(H,21,23). The lowest BCUT2D eigenvalue weighted by Gasteiger charge is -2.11. The Hall–Kier alpha value is -3.11. The lowest BCUT2D eigenvalue weighted by atomic mass is 10.2. The zero-order valence-corrected chi connectivity index (χ0v) is 17.9. The minimum absolute atomic E-state index is 0.132. The summed E-state index contributed by atoms with van der Waals surface area (Å²) in [6.45, 7) is 1.72. The van der Waals surface area contributed by atoms with Gasteiger partial charge in [0, 0.05) is 11.3 Å². The molecule has 2 aromatic carbocycles. The summed E-state index contributed by atoms with van der Waals surface area (Å²) in [6, 6.07) is 14.1. The number of carbonyl (C=O) groups is 1. The normalized spacial score (nSPS) is 11.8. The molecule has 10 heteroatoms. The average Bonchev–Trinajstić information content (AvgIpc) is 3.11. The van der Waals surface area contributed by atoms with Crippen molar-refractivity contribution in [2.45, 2.75) is 17.6 Å². The zero-order chi connectivity index (χ0) is 21.9. The van der Waals surface area contributed by atoms with E-state index in [2.05, 4.69) is 10.0 Å². The lowest BCUT2D eigenvalue weighted by Crippen LogP contribution is -2.15. The molecular weight excluding hydrogens is 428 g/mol. The van der Waals surface area contributed by atoms with E-state index in [1.165, 1.54) is 30.5 Å². The van der Waals surface area contributed by atoms with Gasteiger partial charge in [-0.05, 0) is 42.8 Å². The van der Waals surface area contributed by atoms with Crippen molar-refractivity contribution in [3.8, 4) is 0 Å². The van der Waals surface area contributed by atoms with Gasteiger partial charge in [0.1, 0.15) is 0 Å². The third-order valence-electron chi connectivity index (χ3n) is 4.19. The van der Waals surface area contributed by atoms with Crippen LogP contribution in [-0.2, 0) is 25.6 Å². The second kappa shape index (κ2) is 8.33. The molecule has 0 saturated carbocycles.